The van der Waals surface area contributed by atoms with Gasteiger partial charge in [0, 0.05) is 9.86 Å². The van der Waals surface area contributed by atoms with Crippen molar-refractivity contribution in [2.24, 2.45) is 4.99 Å². The molecule has 0 unspecified atom stereocenters. The van der Waals surface area contributed by atoms with Gasteiger partial charge >= 0.3 is 0 Å². The highest BCUT2D eigenvalue weighted by atomic mass is 79.9. The Hall–Kier alpha value is -2.37. The topological polar surface area (TPSA) is 41.5 Å². The van der Waals surface area contributed by atoms with Crippen molar-refractivity contribution in [2.45, 2.75) is 0 Å². The second-order valence-electron chi connectivity index (χ2n) is 5.54. The number of amidine groups is 1. The molecular weight excluding hydrogens is 396 g/mol. The summed E-state index contributed by atoms with van der Waals surface area (Å²) in [5.41, 5.74) is 1.82. The molecule has 3 nitrogen and oxygen atoms in total. The maximum Gasteiger partial charge on any atom is 0.264 e. The summed E-state index contributed by atoms with van der Waals surface area (Å²) in [7, 11) is 0. The number of thioether (sulfide) groups is 1. The SMILES string of the molecule is O=C1NC(=Nc2cccc3ccccc23)SC1=Cc1cccc(Br)c1. The minimum atomic E-state index is -0.121. The van der Waals surface area contributed by atoms with Crippen molar-refractivity contribution in [1.29, 1.82) is 0 Å². The molecule has 1 saturated heterocycles. The maximum absolute atomic E-state index is 12.2. The molecule has 0 atom stereocenters. The van der Waals surface area contributed by atoms with E-state index < -0.39 is 0 Å². The third kappa shape index (κ3) is 3.52. The van der Waals surface area contributed by atoms with Gasteiger partial charge in [0.05, 0.1) is 10.6 Å². The Balaban J connectivity index is 1.67. The fourth-order valence-electron chi connectivity index (χ4n) is 2.64. The molecule has 1 aliphatic heterocycles. The standard InChI is InChI=1S/C20H13BrN2OS/c21-15-8-3-5-13(11-15)12-18-19(24)23-20(25-18)22-17-10-4-7-14-6-1-2-9-16(14)17/h1-12H,(H,22,23,24). The van der Waals surface area contributed by atoms with Gasteiger partial charge in [0.2, 0.25) is 0 Å². The zero-order valence-corrected chi connectivity index (χ0v) is 15.5. The molecule has 0 radical (unpaired) electrons. The molecule has 25 heavy (non-hydrogen) atoms. The number of hydrogen-bond donors (Lipinski definition) is 1. The molecule has 0 saturated carbocycles. The normalized spacial score (nSPS) is 17.4. The molecule has 0 aromatic heterocycles. The lowest BCUT2D eigenvalue weighted by atomic mass is 10.1. The van der Waals surface area contributed by atoms with Crippen LogP contribution in [0, 0.1) is 0 Å². The summed E-state index contributed by atoms with van der Waals surface area (Å²) in [5, 5.41) is 5.64. The number of nitrogens with one attached hydrogen (secondary N) is 1. The van der Waals surface area contributed by atoms with Gasteiger partial charge in [0.15, 0.2) is 5.17 Å². The molecule has 3 aromatic rings. The Morgan fingerprint density at radius 3 is 2.68 bits per heavy atom. The average molecular weight is 409 g/mol. The number of nitrogens with zero attached hydrogens (tertiary/aromatic N) is 1. The molecule has 1 heterocycles. The number of hydrogen-bond acceptors (Lipinski definition) is 3. The fraction of sp³-hybridized carbons (Fsp3) is 0. The number of benzene rings is 3. The van der Waals surface area contributed by atoms with Crippen molar-refractivity contribution in [3.8, 4) is 0 Å². The Labute approximate surface area is 158 Å². The number of aliphatic imine (C=N–C) groups is 1. The number of fused-ring (bicyclic) bond motifs is 1. The summed E-state index contributed by atoms with van der Waals surface area (Å²) in [4.78, 5) is 17.5. The molecule has 3 aromatic carbocycles. The van der Waals surface area contributed by atoms with E-state index in [4.69, 9.17) is 0 Å². The van der Waals surface area contributed by atoms with Crippen LogP contribution in [0.3, 0.4) is 0 Å². The van der Waals surface area contributed by atoms with Crippen LogP contribution in [0.25, 0.3) is 16.8 Å². The Morgan fingerprint density at radius 1 is 1.00 bits per heavy atom. The second-order valence-corrected chi connectivity index (χ2v) is 7.48. The van der Waals surface area contributed by atoms with Gasteiger partial charge in [0.25, 0.3) is 5.91 Å². The van der Waals surface area contributed by atoms with Crippen LogP contribution >= 0.6 is 27.7 Å². The van der Waals surface area contributed by atoms with Crippen molar-refractivity contribution in [3.63, 3.8) is 0 Å². The van der Waals surface area contributed by atoms with Crippen LogP contribution in [0.5, 0.6) is 0 Å². The van der Waals surface area contributed by atoms with Gasteiger partial charge in [-0.2, -0.15) is 0 Å². The van der Waals surface area contributed by atoms with Gasteiger partial charge in [-0.25, -0.2) is 4.99 Å². The second kappa shape index (κ2) is 6.86. The van der Waals surface area contributed by atoms with Crippen LogP contribution < -0.4 is 5.32 Å². The highest BCUT2D eigenvalue weighted by Crippen LogP contribution is 2.31. The molecule has 1 aliphatic rings. The highest BCUT2D eigenvalue weighted by Gasteiger charge is 2.23. The summed E-state index contributed by atoms with van der Waals surface area (Å²) in [5.74, 6) is -0.121. The molecule has 4 rings (SSSR count). The van der Waals surface area contributed by atoms with Crippen molar-refractivity contribution >= 4 is 61.3 Å². The monoisotopic (exact) mass is 408 g/mol. The van der Waals surface area contributed by atoms with Crippen LogP contribution in [-0.2, 0) is 4.79 Å². The van der Waals surface area contributed by atoms with Gasteiger partial charge in [-0.3, -0.25) is 4.79 Å². The number of carbonyl (C=O) groups is 1. The molecule has 0 spiro atoms. The first-order valence-corrected chi connectivity index (χ1v) is 9.33. The first-order chi connectivity index (χ1) is 12.2. The lowest BCUT2D eigenvalue weighted by Crippen LogP contribution is -2.19. The van der Waals surface area contributed by atoms with Crippen LogP contribution in [0.2, 0.25) is 0 Å². The van der Waals surface area contributed by atoms with E-state index in [2.05, 4.69) is 38.4 Å². The quantitative estimate of drug-likeness (QED) is 0.569. The van der Waals surface area contributed by atoms with Crippen molar-refractivity contribution in [1.82, 2.24) is 5.32 Å². The fourth-order valence-corrected chi connectivity index (χ4v) is 3.90. The lowest BCUT2D eigenvalue weighted by molar-refractivity contribution is -0.115. The minimum absolute atomic E-state index is 0.121. The van der Waals surface area contributed by atoms with Crippen molar-refractivity contribution < 1.29 is 4.79 Å². The van der Waals surface area contributed by atoms with Crippen LogP contribution in [-0.4, -0.2) is 11.1 Å². The molecule has 0 bridgehead atoms. The number of rotatable bonds is 2. The van der Waals surface area contributed by atoms with E-state index in [0.717, 1.165) is 26.5 Å². The zero-order chi connectivity index (χ0) is 17.2. The first-order valence-electron chi connectivity index (χ1n) is 7.72. The highest BCUT2D eigenvalue weighted by molar-refractivity contribution is 9.10. The molecule has 1 N–H and O–H groups in total. The molecular formula is C20H13BrN2OS. The first kappa shape index (κ1) is 16.1. The Bertz CT molecular complexity index is 1040. The average Bonchev–Trinajstić information content (AvgIpc) is 2.94. The third-order valence-corrected chi connectivity index (χ3v) is 5.19. The molecule has 5 heteroatoms. The summed E-state index contributed by atoms with van der Waals surface area (Å²) in [6.07, 6.45) is 1.87. The van der Waals surface area contributed by atoms with E-state index in [9.17, 15) is 4.79 Å². The van der Waals surface area contributed by atoms with Gasteiger partial charge in [0.1, 0.15) is 0 Å². The zero-order valence-electron chi connectivity index (χ0n) is 13.1. The molecule has 1 fully saturated rings. The van der Waals surface area contributed by atoms with Gasteiger partial charge in [-0.1, -0.05) is 64.5 Å². The smallest absolute Gasteiger partial charge is 0.264 e. The summed E-state index contributed by atoms with van der Waals surface area (Å²) >= 11 is 4.80. The number of halogens is 1. The Kier molecular flexibility index (Phi) is 4.42. The van der Waals surface area contributed by atoms with E-state index >= 15 is 0 Å². The van der Waals surface area contributed by atoms with Gasteiger partial charge < -0.3 is 5.32 Å². The van der Waals surface area contributed by atoms with E-state index in [1.165, 1.54) is 11.8 Å². The molecule has 122 valence electrons. The lowest BCUT2D eigenvalue weighted by Gasteiger charge is -2.02. The van der Waals surface area contributed by atoms with E-state index in [1.807, 2.05) is 60.7 Å². The summed E-state index contributed by atoms with van der Waals surface area (Å²) < 4.78 is 0.981. The van der Waals surface area contributed by atoms with E-state index in [1.54, 1.807) is 0 Å². The largest absolute Gasteiger partial charge is 0.300 e. The summed E-state index contributed by atoms with van der Waals surface area (Å²) in [6, 6.07) is 21.9. The maximum atomic E-state index is 12.2. The summed E-state index contributed by atoms with van der Waals surface area (Å²) in [6.45, 7) is 0. The third-order valence-electron chi connectivity index (χ3n) is 3.79. The van der Waals surface area contributed by atoms with Crippen LogP contribution in [0.1, 0.15) is 5.56 Å². The van der Waals surface area contributed by atoms with E-state index in [-0.39, 0.29) is 5.91 Å². The Morgan fingerprint density at radius 2 is 1.80 bits per heavy atom. The van der Waals surface area contributed by atoms with Gasteiger partial charge in [-0.15, -0.1) is 0 Å². The number of carbonyl (C=O) groups excluding carboxylic acids is 1. The molecule has 0 aliphatic carbocycles. The predicted molar refractivity (Wildman–Crippen MR) is 109 cm³/mol. The predicted octanol–water partition coefficient (Wildman–Crippen LogP) is 5.49. The van der Waals surface area contributed by atoms with Crippen molar-refractivity contribution in [2.75, 3.05) is 0 Å². The minimum Gasteiger partial charge on any atom is -0.300 e. The van der Waals surface area contributed by atoms with E-state index in [0.29, 0.717) is 10.1 Å². The van der Waals surface area contributed by atoms with Crippen LogP contribution in [0.15, 0.2) is 81.1 Å². The van der Waals surface area contributed by atoms with Crippen molar-refractivity contribution in [3.05, 3.63) is 81.7 Å². The molecule has 1 amide bonds. The number of amides is 1. The van der Waals surface area contributed by atoms with Gasteiger partial charge in [-0.05, 0) is 47.0 Å². The van der Waals surface area contributed by atoms with Crippen LogP contribution in [0.4, 0.5) is 5.69 Å².